The summed E-state index contributed by atoms with van der Waals surface area (Å²) < 4.78 is 0. The van der Waals surface area contributed by atoms with E-state index < -0.39 is 41.1 Å². The Morgan fingerprint density at radius 3 is 2.68 bits per heavy atom. The number of rotatable bonds is 4. The van der Waals surface area contributed by atoms with E-state index in [-0.39, 0.29) is 18.4 Å². The van der Waals surface area contributed by atoms with Gasteiger partial charge in [-0.1, -0.05) is 30.7 Å². The van der Waals surface area contributed by atoms with Gasteiger partial charge >= 0.3 is 0 Å². The van der Waals surface area contributed by atoms with E-state index in [2.05, 4.69) is 10.6 Å². The Bertz CT molecular complexity index is 919. The number of nitrogens with two attached hydrogens (primary N) is 1. The van der Waals surface area contributed by atoms with E-state index in [9.17, 15) is 19.2 Å². The van der Waals surface area contributed by atoms with Crippen molar-refractivity contribution in [1.29, 1.82) is 0 Å². The molecule has 0 aliphatic carbocycles. The van der Waals surface area contributed by atoms with Gasteiger partial charge in [0.05, 0.1) is 22.5 Å². The number of carbonyl (C=O) groups is 4. The second kappa shape index (κ2) is 6.28. The average Bonchev–Trinajstić information content (AvgIpc) is 3.21. The Balaban J connectivity index is 1.90. The molecule has 3 heterocycles. The van der Waals surface area contributed by atoms with Gasteiger partial charge in [-0.25, -0.2) is 0 Å². The summed E-state index contributed by atoms with van der Waals surface area (Å²) in [6, 6.07) is 4.01. The zero-order valence-electron chi connectivity index (χ0n) is 15.5. The molecule has 4 amide bonds. The highest BCUT2D eigenvalue weighted by molar-refractivity contribution is 6.35. The molecule has 1 aromatic carbocycles. The molecule has 3 aliphatic rings. The monoisotopic (exact) mass is 404 g/mol. The maximum absolute atomic E-state index is 13.4. The highest BCUT2D eigenvalue weighted by atomic mass is 35.5. The van der Waals surface area contributed by atoms with Crippen LogP contribution in [-0.2, 0) is 24.7 Å². The Labute approximate surface area is 166 Å². The number of halogens is 1. The first-order valence-corrected chi connectivity index (χ1v) is 9.65. The zero-order chi connectivity index (χ0) is 20.4. The lowest BCUT2D eigenvalue weighted by Crippen LogP contribution is -2.54. The molecule has 0 bridgehead atoms. The van der Waals surface area contributed by atoms with Crippen LogP contribution in [0.25, 0.3) is 0 Å². The molecule has 0 radical (unpaired) electrons. The van der Waals surface area contributed by atoms with E-state index in [1.54, 1.807) is 25.1 Å². The molecule has 9 heteroatoms. The summed E-state index contributed by atoms with van der Waals surface area (Å²) >= 11 is 6.25. The zero-order valence-corrected chi connectivity index (χ0v) is 16.2. The predicted octanol–water partition coefficient (Wildman–Crippen LogP) is 0.734. The lowest BCUT2D eigenvalue weighted by atomic mass is 9.76. The van der Waals surface area contributed by atoms with E-state index in [0.29, 0.717) is 22.7 Å². The van der Waals surface area contributed by atoms with Crippen molar-refractivity contribution < 1.29 is 19.2 Å². The van der Waals surface area contributed by atoms with Gasteiger partial charge in [0.15, 0.2) is 0 Å². The van der Waals surface area contributed by atoms with Gasteiger partial charge in [-0.2, -0.15) is 0 Å². The Hall–Kier alpha value is -2.45. The molecule has 3 aliphatic heterocycles. The van der Waals surface area contributed by atoms with Gasteiger partial charge in [0, 0.05) is 24.1 Å². The number of para-hydroxylation sites is 1. The third-order valence-electron chi connectivity index (χ3n) is 6.19. The quantitative estimate of drug-likeness (QED) is 0.639. The standard InChI is InChI=1S/C19H21ClN4O4/c1-3-8(2)24-16(26)13-11(7-12(21)25)23-19(14(13)17(24)27)9-5-4-6-10(20)15(9)22-18(19)28/h4-6,8,11,13-14,23H,3,7H2,1-2H3,(H2,21,25)(H,22,28)/t8-,11-,13-,14+,19-/m1/s1. The minimum Gasteiger partial charge on any atom is -0.370 e. The van der Waals surface area contributed by atoms with Crippen molar-refractivity contribution in [3.05, 3.63) is 28.8 Å². The van der Waals surface area contributed by atoms with Crippen LogP contribution in [-0.4, -0.2) is 40.6 Å². The van der Waals surface area contributed by atoms with E-state index in [4.69, 9.17) is 17.3 Å². The number of imide groups is 1. The Morgan fingerprint density at radius 1 is 1.32 bits per heavy atom. The van der Waals surface area contributed by atoms with Crippen LogP contribution < -0.4 is 16.4 Å². The van der Waals surface area contributed by atoms with Crippen LogP contribution in [0.4, 0.5) is 5.69 Å². The fourth-order valence-electron chi connectivity index (χ4n) is 4.82. The van der Waals surface area contributed by atoms with Gasteiger partial charge in [0.2, 0.25) is 23.6 Å². The summed E-state index contributed by atoms with van der Waals surface area (Å²) in [5, 5.41) is 6.22. The Kier molecular flexibility index (Phi) is 4.24. The lowest BCUT2D eigenvalue weighted by Gasteiger charge is -2.31. The minimum atomic E-state index is -1.46. The number of nitrogens with one attached hydrogen (secondary N) is 2. The number of benzene rings is 1. The van der Waals surface area contributed by atoms with Crippen LogP contribution >= 0.6 is 11.6 Å². The first-order valence-electron chi connectivity index (χ1n) is 9.27. The molecular formula is C19H21ClN4O4. The highest BCUT2D eigenvalue weighted by Crippen LogP contribution is 2.54. The number of carbonyl (C=O) groups excluding carboxylic acids is 4. The number of fused-ring (bicyclic) bond motifs is 4. The summed E-state index contributed by atoms with van der Waals surface area (Å²) in [5.74, 6) is -3.65. The van der Waals surface area contributed by atoms with E-state index in [1.165, 1.54) is 4.90 Å². The molecule has 4 N–H and O–H groups in total. The van der Waals surface area contributed by atoms with E-state index in [1.807, 2.05) is 6.92 Å². The van der Waals surface area contributed by atoms with Crippen molar-refractivity contribution >= 4 is 40.9 Å². The van der Waals surface area contributed by atoms with Crippen LogP contribution in [0, 0.1) is 11.8 Å². The molecule has 0 aromatic heterocycles. The number of primary amides is 1. The molecule has 2 fully saturated rings. The van der Waals surface area contributed by atoms with Crippen molar-refractivity contribution in [2.75, 3.05) is 5.32 Å². The highest BCUT2D eigenvalue weighted by Gasteiger charge is 2.70. The second-order valence-corrected chi connectivity index (χ2v) is 8.06. The van der Waals surface area contributed by atoms with Gasteiger partial charge in [-0.05, 0) is 19.4 Å². The van der Waals surface area contributed by atoms with Crippen molar-refractivity contribution in [1.82, 2.24) is 10.2 Å². The predicted molar refractivity (Wildman–Crippen MR) is 101 cm³/mol. The molecule has 0 unspecified atom stereocenters. The van der Waals surface area contributed by atoms with Crippen LogP contribution in [0.15, 0.2) is 18.2 Å². The van der Waals surface area contributed by atoms with Crippen LogP contribution in [0.1, 0.15) is 32.3 Å². The fourth-order valence-corrected chi connectivity index (χ4v) is 5.05. The summed E-state index contributed by atoms with van der Waals surface area (Å²) in [4.78, 5) is 52.6. The summed E-state index contributed by atoms with van der Waals surface area (Å²) in [7, 11) is 0. The topological polar surface area (TPSA) is 122 Å². The number of likely N-dealkylation sites (tertiary alicyclic amines) is 1. The Morgan fingerprint density at radius 2 is 2.04 bits per heavy atom. The van der Waals surface area contributed by atoms with Crippen molar-refractivity contribution in [2.45, 2.75) is 44.3 Å². The molecular weight excluding hydrogens is 384 g/mol. The third-order valence-corrected chi connectivity index (χ3v) is 6.50. The van der Waals surface area contributed by atoms with Gasteiger partial charge < -0.3 is 11.1 Å². The number of nitrogens with zero attached hydrogens (tertiary/aromatic N) is 1. The summed E-state index contributed by atoms with van der Waals surface area (Å²) in [6.45, 7) is 3.67. The van der Waals surface area contributed by atoms with Crippen molar-refractivity contribution in [2.24, 2.45) is 17.6 Å². The molecule has 28 heavy (non-hydrogen) atoms. The van der Waals surface area contributed by atoms with Crippen molar-refractivity contribution in [3.8, 4) is 0 Å². The SMILES string of the molecule is CC[C@@H](C)N1C(=O)[C@H]2[C@@H](C1=O)[C@@]1(N[C@@H]2CC(N)=O)C(=O)Nc2c(Cl)cccc21. The van der Waals surface area contributed by atoms with E-state index >= 15 is 0 Å². The molecule has 1 aromatic rings. The van der Waals surface area contributed by atoms with Gasteiger partial charge in [0.25, 0.3) is 0 Å². The third kappa shape index (κ3) is 2.28. The lowest BCUT2D eigenvalue weighted by molar-refractivity contribution is -0.145. The van der Waals surface area contributed by atoms with Gasteiger partial charge in [0.1, 0.15) is 5.54 Å². The van der Waals surface area contributed by atoms with Crippen LogP contribution in [0.3, 0.4) is 0 Å². The smallest absolute Gasteiger partial charge is 0.250 e. The second-order valence-electron chi connectivity index (χ2n) is 7.65. The van der Waals surface area contributed by atoms with Crippen LogP contribution in [0.2, 0.25) is 5.02 Å². The normalized spacial score (nSPS) is 31.9. The number of amides is 4. The number of hydrogen-bond donors (Lipinski definition) is 3. The number of hydrogen-bond acceptors (Lipinski definition) is 5. The van der Waals surface area contributed by atoms with Gasteiger partial charge in [-0.3, -0.25) is 29.4 Å². The van der Waals surface area contributed by atoms with Crippen LogP contribution in [0.5, 0.6) is 0 Å². The molecule has 8 nitrogen and oxygen atoms in total. The molecule has 0 saturated carbocycles. The van der Waals surface area contributed by atoms with Crippen molar-refractivity contribution in [3.63, 3.8) is 0 Å². The fraction of sp³-hybridized carbons (Fsp3) is 0.474. The first-order chi connectivity index (χ1) is 13.2. The van der Waals surface area contributed by atoms with Gasteiger partial charge in [-0.15, -0.1) is 0 Å². The molecule has 1 spiro atoms. The summed E-state index contributed by atoms with van der Waals surface area (Å²) in [5.41, 5.74) is 4.86. The minimum absolute atomic E-state index is 0.153. The molecule has 2 saturated heterocycles. The number of anilines is 1. The molecule has 4 rings (SSSR count). The molecule has 148 valence electrons. The molecule has 5 atom stereocenters. The average molecular weight is 405 g/mol. The first kappa shape index (κ1) is 18.9. The maximum Gasteiger partial charge on any atom is 0.250 e. The summed E-state index contributed by atoms with van der Waals surface area (Å²) in [6.07, 6.45) is 0.436. The van der Waals surface area contributed by atoms with E-state index in [0.717, 1.165) is 0 Å². The maximum atomic E-state index is 13.4. The largest absolute Gasteiger partial charge is 0.370 e.